The lowest BCUT2D eigenvalue weighted by atomic mass is 9.67. The zero-order valence-electron chi connectivity index (χ0n) is 36.8. The van der Waals surface area contributed by atoms with Gasteiger partial charge in [0.15, 0.2) is 0 Å². The van der Waals surface area contributed by atoms with E-state index in [0.717, 1.165) is 28.3 Å². The Hall–Kier alpha value is -8.72. The number of hydrogen-bond acceptors (Lipinski definition) is 2. The predicted octanol–water partition coefficient (Wildman–Crippen LogP) is 17.5. The van der Waals surface area contributed by atoms with Crippen molar-refractivity contribution in [3.8, 4) is 44.5 Å². The highest BCUT2D eigenvalue weighted by Gasteiger charge is 2.46. The van der Waals surface area contributed by atoms with Crippen molar-refractivity contribution in [2.45, 2.75) is 5.41 Å². The zero-order chi connectivity index (χ0) is 44.3. The maximum Gasteiger partial charge on any atom is 0.0714 e. The molecule has 0 fully saturated rings. The molecule has 11 aromatic rings. The molecule has 11 aromatic carbocycles. The molecule has 1 aliphatic heterocycles. The molecule has 0 unspecified atom stereocenters. The number of nitrogens with zero attached hydrogens (tertiary/aromatic N) is 2. The molecule has 67 heavy (non-hydrogen) atoms. The third-order valence-corrected chi connectivity index (χ3v) is 14.1. The Labute approximate surface area is 391 Å². The third kappa shape index (κ3) is 6.18. The van der Waals surface area contributed by atoms with E-state index in [1.54, 1.807) is 0 Å². The van der Waals surface area contributed by atoms with Gasteiger partial charge in [0.2, 0.25) is 0 Å². The molecule has 1 heterocycles. The molecule has 0 bridgehead atoms. The highest BCUT2D eigenvalue weighted by atomic mass is 15.2. The van der Waals surface area contributed by atoms with Crippen LogP contribution in [-0.2, 0) is 5.41 Å². The topological polar surface area (TPSA) is 6.48 Å². The minimum atomic E-state index is -0.511. The average molecular weight is 853 g/mol. The SMILES string of the molecule is c1ccc(-c2ccc(N(c3ccc(-c4ccc5c(c4)N(c4ccccc4)c4cccc6cccc-5c46)cc3)c3ccc4c(c3)C(c3ccccc3)(c3ccccc3)c3ccccc3-4)cc2)cc1. The summed E-state index contributed by atoms with van der Waals surface area (Å²) < 4.78 is 0. The summed E-state index contributed by atoms with van der Waals surface area (Å²) in [5.74, 6) is 0. The fourth-order valence-corrected chi connectivity index (χ4v) is 11.1. The van der Waals surface area contributed by atoms with E-state index >= 15 is 0 Å². The number of anilines is 6. The summed E-state index contributed by atoms with van der Waals surface area (Å²) in [6.45, 7) is 0. The summed E-state index contributed by atoms with van der Waals surface area (Å²) in [5.41, 5.74) is 21.1. The van der Waals surface area contributed by atoms with E-state index in [2.05, 4.69) is 277 Å². The fourth-order valence-electron chi connectivity index (χ4n) is 11.1. The van der Waals surface area contributed by atoms with E-state index in [4.69, 9.17) is 0 Å². The smallest absolute Gasteiger partial charge is 0.0714 e. The minimum absolute atomic E-state index is 0.511. The molecule has 0 spiro atoms. The van der Waals surface area contributed by atoms with Crippen LogP contribution in [0.15, 0.2) is 267 Å². The van der Waals surface area contributed by atoms with Crippen molar-refractivity contribution >= 4 is 44.9 Å². The van der Waals surface area contributed by atoms with Gasteiger partial charge < -0.3 is 9.80 Å². The Morgan fingerprint density at radius 3 is 1.46 bits per heavy atom. The van der Waals surface area contributed by atoms with Gasteiger partial charge in [0.05, 0.1) is 16.8 Å². The molecular formula is C65H44N2. The Morgan fingerprint density at radius 2 is 0.791 bits per heavy atom. The summed E-state index contributed by atoms with van der Waals surface area (Å²) in [6, 6.07) is 98.1. The van der Waals surface area contributed by atoms with E-state index in [-0.39, 0.29) is 0 Å². The van der Waals surface area contributed by atoms with Crippen LogP contribution >= 0.6 is 0 Å². The second-order valence-electron chi connectivity index (χ2n) is 17.6. The van der Waals surface area contributed by atoms with Gasteiger partial charge in [0.1, 0.15) is 0 Å². The molecule has 0 radical (unpaired) electrons. The first kappa shape index (κ1) is 38.7. The van der Waals surface area contributed by atoms with E-state index in [1.165, 1.54) is 83.3 Å². The summed E-state index contributed by atoms with van der Waals surface area (Å²) in [6.07, 6.45) is 0. The van der Waals surface area contributed by atoms with Crippen LogP contribution in [0.1, 0.15) is 22.3 Å². The largest absolute Gasteiger partial charge is 0.310 e. The molecule has 0 aromatic heterocycles. The van der Waals surface area contributed by atoms with Gasteiger partial charge >= 0.3 is 0 Å². The minimum Gasteiger partial charge on any atom is -0.310 e. The van der Waals surface area contributed by atoms with Gasteiger partial charge in [-0.25, -0.2) is 0 Å². The lowest BCUT2D eigenvalue weighted by Crippen LogP contribution is -2.28. The van der Waals surface area contributed by atoms with Gasteiger partial charge in [0, 0.05) is 33.7 Å². The van der Waals surface area contributed by atoms with E-state index in [9.17, 15) is 0 Å². The first-order valence-electron chi connectivity index (χ1n) is 23.2. The Morgan fingerprint density at radius 1 is 0.299 bits per heavy atom. The van der Waals surface area contributed by atoms with Crippen LogP contribution in [-0.4, -0.2) is 0 Å². The fraction of sp³-hybridized carbons (Fsp3) is 0.0154. The van der Waals surface area contributed by atoms with Crippen molar-refractivity contribution in [1.29, 1.82) is 0 Å². The number of rotatable bonds is 8. The van der Waals surface area contributed by atoms with Crippen LogP contribution in [0.2, 0.25) is 0 Å². The highest BCUT2D eigenvalue weighted by molar-refractivity contribution is 6.14. The standard InChI is InChI=1S/C65H44N2/c1-5-17-45(18-6-1)46-31-36-53(37-32-46)66(55-40-42-57-56-27-13-14-29-60(56)65(61(57)44-55,50-21-7-2-8-22-50)51-23-9-3-10-24-51)54-38-33-47(34-39-54)49-35-41-58-59-28-15-19-48-20-16-30-62(64(48)59)67(63(58)43-49)52-25-11-4-12-26-52/h1-44H. The van der Waals surface area contributed by atoms with Gasteiger partial charge in [-0.1, -0.05) is 206 Å². The number of hydrogen-bond donors (Lipinski definition) is 0. The van der Waals surface area contributed by atoms with Crippen LogP contribution in [0, 0.1) is 0 Å². The molecule has 2 nitrogen and oxygen atoms in total. The molecule has 0 saturated heterocycles. The monoisotopic (exact) mass is 852 g/mol. The molecule has 0 saturated carbocycles. The zero-order valence-corrected chi connectivity index (χ0v) is 36.8. The maximum absolute atomic E-state index is 2.45. The van der Waals surface area contributed by atoms with Gasteiger partial charge in [-0.3, -0.25) is 0 Å². The van der Waals surface area contributed by atoms with E-state index in [1.807, 2.05) is 0 Å². The second kappa shape index (κ2) is 15.8. The van der Waals surface area contributed by atoms with Crippen LogP contribution in [0.5, 0.6) is 0 Å². The van der Waals surface area contributed by atoms with Crippen molar-refractivity contribution in [3.05, 3.63) is 289 Å². The summed E-state index contributed by atoms with van der Waals surface area (Å²) in [5, 5.41) is 2.54. The lowest BCUT2D eigenvalue weighted by molar-refractivity contribution is 0.768. The van der Waals surface area contributed by atoms with Gasteiger partial charge in [-0.15, -0.1) is 0 Å². The normalized spacial score (nSPS) is 12.9. The quantitative estimate of drug-likeness (QED) is 0.150. The number of fused-ring (bicyclic) bond motifs is 5. The average Bonchev–Trinajstić information content (AvgIpc) is 3.70. The van der Waals surface area contributed by atoms with E-state index < -0.39 is 5.41 Å². The van der Waals surface area contributed by atoms with E-state index in [0.29, 0.717) is 0 Å². The summed E-state index contributed by atoms with van der Waals surface area (Å²) in [7, 11) is 0. The van der Waals surface area contributed by atoms with Crippen LogP contribution in [0.25, 0.3) is 55.3 Å². The summed E-state index contributed by atoms with van der Waals surface area (Å²) >= 11 is 0. The van der Waals surface area contributed by atoms with Crippen LogP contribution < -0.4 is 9.80 Å². The molecule has 2 heteroatoms. The van der Waals surface area contributed by atoms with Crippen molar-refractivity contribution in [1.82, 2.24) is 0 Å². The first-order valence-corrected chi connectivity index (χ1v) is 23.2. The van der Waals surface area contributed by atoms with Gasteiger partial charge in [-0.2, -0.15) is 0 Å². The second-order valence-corrected chi connectivity index (χ2v) is 17.6. The van der Waals surface area contributed by atoms with Crippen molar-refractivity contribution in [2.24, 2.45) is 0 Å². The van der Waals surface area contributed by atoms with Gasteiger partial charge in [0.25, 0.3) is 0 Å². The molecule has 314 valence electrons. The Bertz CT molecular complexity index is 3560. The molecule has 0 N–H and O–H groups in total. The molecule has 0 atom stereocenters. The lowest BCUT2D eigenvalue weighted by Gasteiger charge is -2.35. The predicted molar refractivity (Wildman–Crippen MR) is 280 cm³/mol. The van der Waals surface area contributed by atoms with Gasteiger partial charge in [-0.05, 0) is 127 Å². The Kier molecular flexibility index (Phi) is 9.11. The summed E-state index contributed by atoms with van der Waals surface area (Å²) in [4.78, 5) is 4.85. The molecule has 2 aliphatic rings. The third-order valence-electron chi connectivity index (χ3n) is 14.1. The number of para-hydroxylation sites is 1. The maximum atomic E-state index is 2.45. The number of benzene rings is 11. The first-order chi connectivity index (χ1) is 33.2. The van der Waals surface area contributed by atoms with Crippen LogP contribution in [0.4, 0.5) is 34.1 Å². The molecule has 13 rings (SSSR count). The molecule has 1 aliphatic carbocycles. The molecule has 0 amide bonds. The van der Waals surface area contributed by atoms with Crippen molar-refractivity contribution < 1.29 is 0 Å². The Balaban J connectivity index is 0.962. The van der Waals surface area contributed by atoms with Crippen LogP contribution in [0.3, 0.4) is 0 Å². The van der Waals surface area contributed by atoms with Crippen molar-refractivity contribution in [2.75, 3.05) is 9.80 Å². The highest BCUT2D eigenvalue weighted by Crippen LogP contribution is 2.57. The molecular weight excluding hydrogens is 809 g/mol. The van der Waals surface area contributed by atoms with Crippen molar-refractivity contribution in [3.63, 3.8) is 0 Å².